The van der Waals surface area contributed by atoms with Gasteiger partial charge in [0.05, 0.1) is 0 Å². The van der Waals surface area contributed by atoms with E-state index in [1.165, 1.54) is 6.07 Å². The van der Waals surface area contributed by atoms with Gasteiger partial charge in [0.2, 0.25) is 0 Å². The highest BCUT2D eigenvalue weighted by molar-refractivity contribution is 8.00. The summed E-state index contributed by atoms with van der Waals surface area (Å²) in [5.74, 6) is -0.966. The third-order valence-electron chi connectivity index (χ3n) is 2.38. The van der Waals surface area contributed by atoms with Gasteiger partial charge in [-0.05, 0) is 30.9 Å². The van der Waals surface area contributed by atoms with Crippen LogP contribution >= 0.6 is 11.8 Å². The van der Waals surface area contributed by atoms with Gasteiger partial charge in [0.25, 0.3) is 0 Å². The molecule has 2 nitrogen and oxygen atoms in total. The Morgan fingerprint density at radius 1 is 1.47 bits per heavy atom. The number of rotatable bonds is 4. The van der Waals surface area contributed by atoms with Crippen molar-refractivity contribution in [2.45, 2.75) is 23.0 Å². The Hall–Kier alpha value is -1.03. The summed E-state index contributed by atoms with van der Waals surface area (Å²) in [6.45, 7) is 0. The quantitative estimate of drug-likeness (QED) is 0.802. The predicted octanol–water partition coefficient (Wildman–Crippen LogP) is 2.78. The maximum atomic E-state index is 13.3. The maximum absolute atomic E-state index is 13.3. The molecule has 4 heteroatoms. The summed E-state index contributed by atoms with van der Waals surface area (Å²) in [5, 5.41) is 8.49. The third-order valence-corrected chi connectivity index (χ3v) is 3.81. The average Bonchev–Trinajstić information content (AvgIpc) is 2.99. The number of benzene rings is 1. The number of hydrogen-bond donors (Lipinski definition) is 1. The van der Waals surface area contributed by atoms with Crippen LogP contribution in [0.2, 0.25) is 0 Å². The molecule has 15 heavy (non-hydrogen) atoms. The van der Waals surface area contributed by atoms with Crippen molar-refractivity contribution < 1.29 is 14.3 Å². The number of carboxylic acids is 1. The van der Waals surface area contributed by atoms with Gasteiger partial charge < -0.3 is 5.11 Å². The molecule has 1 atom stereocenters. The van der Waals surface area contributed by atoms with Crippen LogP contribution < -0.4 is 0 Å². The first kappa shape index (κ1) is 10.5. The molecule has 0 saturated heterocycles. The Balaban J connectivity index is 2.12. The van der Waals surface area contributed by atoms with Gasteiger partial charge in [-0.2, -0.15) is 0 Å². The lowest BCUT2D eigenvalue weighted by molar-refractivity contribution is -0.136. The Labute approximate surface area is 91.5 Å². The van der Waals surface area contributed by atoms with E-state index < -0.39 is 11.2 Å². The van der Waals surface area contributed by atoms with E-state index >= 15 is 0 Å². The van der Waals surface area contributed by atoms with Crippen molar-refractivity contribution in [2.24, 2.45) is 5.92 Å². The molecule has 1 aromatic rings. The summed E-state index contributed by atoms with van der Waals surface area (Å²) in [6.07, 6.45) is 1.89. The van der Waals surface area contributed by atoms with Gasteiger partial charge in [0, 0.05) is 4.90 Å². The van der Waals surface area contributed by atoms with Crippen molar-refractivity contribution in [3.63, 3.8) is 0 Å². The highest BCUT2D eigenvalue weighted by Gasteiger charge is 2.37. The molecule has 0 aliphatic heterocycles. The van der Waals surface area contributed by atoms with Crippen LogP contribution in [0.15, 0.2) is 29.2 Å². The van der Waals surface area contributed by atoms with E-state index in [2.05, 4.69) is 0 Å². The minimum Gasteiger partial charge on any atom is -0.480 e. The highest BCUT2D eigenvalue weighted by atomic mass is 32.2. The van der Waals surface area contributed by atoms with E-state index in [1.807, 2.05) is 0 Å². The summed E-state index contributed by atoms with van der Waals surface area (Å²) in [5.41, 5.74) is 0. The molecule has 1 N–H and O–H groups in total. The second kappa shape index (κ2) is 4.23. The van der Waals surface area contributed by atoms with E-state index in [0.29, 0.717) is 4.90 Å². The molecular weight excluding hydrogens is 215 g/mol. The van der Waals surface area contributed by atoms with Crippen molar-refractivity contribution in [3.8, 4) is 0 Å². The number of hydrogen-bond acceptors (Lipinski definition) is 2. The summed E-state index contributed by atoms with van der Waals surface area (Å²) < 4.78 is 13.3. The SMILES string of the molecule is O=C(O)C(Sc1ccccc1F)C1CC1. The van der Waals surface area contributed by atoms with E-state index in [0.717, 1.165) is 24.6 Å². The minimum absolute atomic E-state index is 0.215. The van der Waals surface area contributed by atoms with Crippen LogP contribution in [0, 0.1) is 11.7 Å². The molecule has 1 unspecified atom stereocenters. The van der Waals surface area contributed by atoms with Gasteiger partial charge in [-0.1, -0.05) is 12.1 Å². The van der Waals surface area contributed by atoms with Gasteiger partial charge in [-0.3, -0.25) is 4.79 Å². The van der Waals surface area contributed by atoms with Crippen LogP contribution in [0.3, 0.4) is 0 Å². The Kier molecular flexibility index (Phi) is 2.95. The van der Waals surface area contributed by atoms with Crippen molar-refractivity contribution in [1.29, 1.82) is 0 Å². The molecule has 2 rings (SSSR count). The molecule has 0 amide bonds. The zero-order valence-corrected chi connectivity index (χ0v) is 8.84. The molecule has 0 spiro atoms. The lowest BCUT2D eigenvalue weighted by Gasteiger charge is -2.10. The minimum atomic E-state index is -0.842. The van der Waals surface area contributed by atoms with Crippen LogP contribution in [-0.4, -0.2) is 16.3 Å². The standard InChI is InChI=1S/C11H11FO2S/c12-8-3-1-2-4-9(8)15-10(11(13)14)7-5-6-7/h1-4,7,10H,5-6H2,(H,13,14). The molecule has 1 aromatic carbocycles. The first-order chi connectivity index (χ1) is 7.18. The van der Waals surface area contributed by atoms with E-state index in [4.69, 9.17) is 5.11 Å². The van der Waals surface area contributed by atoms with Crippen LogP contribution in [0.5, 0.6) is 0 Å². The van der Waals surface area contributed by atoms with Crippen molar-refractivity contribution in [3.05, 3.63) is 30.1 Å². The monoisotopic (exact) mass is 226 g/mol. The molecule has 0 radical (unpaired) electrons. The molecular formula is C11H11FO2S. The van der Waals surface area contributed by atoms with Gasteiger partial charge in [0.15, 0.2) is 0 Å². The van der Waals surface area contributed by atoms with Crippen molar-refractivity contribution in [1.82, 2.24) is 0 Å². The van der Waals surface area contributed by atoms with Gasteiger partial charge in [-0.25, -0.2) is 4.39 Å². The molecule has 80 valence electrons. The molecule has 1 aliphatic rings. The molecule has 0 bridgehead atoms. The molecule has 0 aromatic heterocycles. The molecule has 1 saturated carbocycles. The van der Waals surface area contributed by atoms with Crippen LogP contribution in [0.25, 0.3) is 0 Å². The van der Waals surface area contributed by atoms with E-state index in [9.17, 15) is 9.18 Å². The van der Waals surface area contributed by atoms with Crippen molar-refractivity contribution >= 4 is 17.7 Å². The summed E-state index contributed by atoms with van der Waals surface area (Å²) >= 11 is 1.12. The summed E-state index contributed by atoms with van der Waals surface area (Å²) in [7, 11) is 0. The number of carboxylic acid groups (broad SMARTS) is 1. The molecule has 1 fully saturated rings. The predicted molar refractivity (Wildman–Crippen MR) is 56.4 cm³/mol. The number of aliphatic carboxylic acids is 1. The largest absolute Gasteiger partial charge is 0.480 e. The van der Waals surface area contributed by atoms with Gasteiger partial charge in [-0.15, -0.1) is 11.8 Å². The van der Waals surface area contributed by atoms with E-state index in [-0.39, 0.29) is 11.7 Å². The fourth-order valence-corrected chi connectivity index (χ4v) is 2.60. The number of carbonyl (C=O) groups is 1. The first-order valence-corrected chi connectivity index (χ1v) is 5.70. The number of halogens is 1. The summed E-state index contributed by atoms with van der Waals surface area (Å²) in [4.78, 5) is 11.4. The second-order valence-electron chi connectivity index (χ2n) is 3.64. The van der Waals surface area contributed by atoms with Crippen LogP contribution in [0.1, 0.15) is 12.8 Å². The first-order valence-electron chi connectivity index (χ1n) is 4.82. The smallest absolute Gasteiger partial charge is 0.317 e. The van der Waals surface area contributed by atoms with Crippen molar-refractivity contribution in [2.75, 3.05) is 0 Å². The fraction of sp³-hybridized carbons (Fsp3) is 0.364. The summed E-state index contributed by atoms with van der Waals surface area (Å²) in [6, 6.07) is 6.30. The van der Waals surface area contributed by atoms with Crippen LogP contribution in [0.4, 0.5) is 4.39 Å². The zero-order chi connectivity index (χ0) is 10.8. The van der Waals surface area contributed by atoms with Gasteiger partial charge in [0.1, 0.15) is 11.1 Å². The van der Waals surface area contributed by atoms with Crippen LogP contribution in [-0.2, 0) is 4.79 Å². The lowest BCUT2D eigenvalue weighted by atomic mass is 10.3. The topological polar surface area (TPSA) is 37.3 Å². The second-order valence-corrected chi connectivity index (χ2v) is 4.83. The molecule has 0 heterocycles. The highest BCUT2D eigenvalue weighted by Crippen LogP contribution is 2.42. The Morgan fingerprint density at radius 2 is 2.13 bits per heavy atom. The Bertz CT molecular complexity index is 377. The van der Waals surface area contributed by atoms with E-state index in [1.54, 1.807) is 18.2 Å². The Morgan fingerprint density at radius 3 is 2.67 bits per heavy atom. The number of thioether (sulfide) groups is 1. The van der Waals surface area contributed by atoms with Gasteiger partial charge >= 0.3 is 5.97 Å². The zero-order valence-electron chi connectivity index (χ0n) is 8.02. The maximum Gasteiger partial charge on any atom is 0.317 e. The average molecular weight is 226 g/mol. The molecule has 1 aliphatic carbocycles. The fourth-order valence-electron chi connectivity index (χ4n) is 1.42. The normalized spacial score (nSPS) is 17.4. The lowest BCUT2D eigenvalue weighted by Crippen LogP contribution is -2.18. The third kappa shape index (κ3) is 2.50.